The van der Waals surface area contributed by atoms with Crippen LogP contribution in [0.5, 0.6) is 0 Å². The molecule has 1 aromatic heterocycles. The average molecular weight is 158 g/mol. The topological polar surface area (TPSA) is 22.0 Å². The summed E-state index contributed by atoms with van der Waals surface area (Å²) in [5.41, 5.74) is -0.0463. The Labute approximate surface area is 64.1 Å². The number of hydrogen-bond donors (Lipinski definition) is 0. The molecule has 0 atom stereocenters. The molecule has 54 valence electrons. The molecule has 1 heterocycles. The van der Waals surface area contributed by atoms with E-state index < -0.39 is 0 Å². The quantitative estimate of drug-likeness (QED) is 0.567. The lowest BCUT2D eigenvalue weighted by atomic mass is 10.5. The van der Waals surface area contributed by atoms with Crippen LogP contribution in [0.25, 0.3) is 0 Å². The molecule has 1 aromatic rings. The summed E-state index contributed by atoms with van der Waals surface area (Å²) < 4.78 is 1.50. The van der Waals surface area contributed by atoms with E-state index in [1.54, 1.807) is 12.1 Å². The van der Waals surface area contributed by atoms with Crippen molar-refractivity contribution in [2.45, 2.75) is 13.5 Å². The summed E-state index contributed by atoms with van der Waals surface area (Å²) in [7, 11) is 0. The molecule has 0 saturated carbocycles. The monoisotopic (exact) mass is 157 g/mol. The fourth-order valence-corrected chi connectivity index (χ4v) is 1.08. The lowest BCUT2D eigenvalue weighted by Crippen LogP contribution is -2.17. The van der Waals surface area contributed by atoms with Crippen molar-refractivity contribution in [3.05, 3.63) is 33.7 Å². The van der Waals surface area contributed by atoms with Crippen LogP contribution in [0.15, 0.2) is 23.0 Å². The molecule has 0 spiro atoms. The maximum atomic E-state index is 10.9. The molecule has 0 aromatic carbocycles. The number of halogens is 1. The first-order chi connectivity index (χ1) is 4.75. The summed E-state index contributed by atoms with van der Waals surface area (Å²) in [6, 6.07) is 4.85. The number of nitrogens with zero attached hydrogens (tertiary/aromatic N) is 1. The lowest BCUT2D eigenvalue weighted by Gasteiger charge is -2.01. The molecule has 0 fully saturated rings. The number of hydrogen-bond acceptors (Lipinski definition) is 1. The van der Waals surface area contributed by atoms with Crippen LogP contribution in [0.2, 0.25) is 5.15 Å². The van der Waals surface area contributed by atoms with Crippen molar-refractivity contribution in [3.8, 4) is 0 Å². The SMILES string of the molecule is CCn1c(Cl)cccc1=O. The van der Waals surface area contributed by atoms with Gasteiger partial charge in [-0.05, 0) is 13.0 Å². The van der Waals surface area contributed by atoms with E-state index in [1.807, 2.05) is 6.92 Å². The van der Waals surface area contributed by atoms with E-state index in [1.165, 1.54) is 10.6 Å². The van der Waals surface area contributed by atoms with E-state index in [9.17, 15) is 4.79 Å². The number of rotatable bonds is 1. The van der Waals surface area contributed by atoms with Gasteiger partial charge in [-0.2, -0.15) is 0 Å². The third-order valence-electron chi connectivity index (χ3n) is 1.31. The van der Waals surface area contributed by atoms with E-state index in [4.69, 9.17) is 11.6 Å². The van der Waals surface area contributed by atoms with E-state index in [2.05, 4.69) is 0 Å². The molecule has 0 aliphatic carbocycles. The molecule has 1 rings (SSSR count). The first-order valence-electron chi connectivity index (χ1n) is 3.11. The van der Waals surface area contributed by atoms with Crippen LogP contribution in [0.4, 0.5) is 0 Å². The van der Waals surface area contributed by atoms with Gasteiger partial charge in [0.15, 0.2) is 0 Å². The number of aromatic nitrogens is 1. The first-order valence-corrected chi connectivity index (χ1v) is 3.49. The molecule has 2 nitrogen and oxygen atoms in total. The largest absolute Gasteiger partial charge is 0.299 e. The summed E-state index contributed by atoms with van der Waals surface area (Å²) in [6.45, 7) is 2.51. The second-order valence-electron chi connectivity index (χ2n) is 1.93. The zero-order chi connectivity index (χ0) is 7.56. The molecule has 0 aliphatic rings. The third kappa shape index (κ3) is 1.21. The molecular formula is C7H8ClNO. The van der Waals surface area contributed by atoms with Crippen LogP contribution in [0, 0.1) is 0 Å². The van der Waals surface area contributed by atoms with Gasteiger partial charge in [-0.3, -0.25) is 9.36 Å². The van der Waals surface area contributed by atoms with Crippen molar-refractivity contribution in [3.63, 3.8) is 0 Å². The Balaban J connectivity index is 3.31. The minimum atomic E-state index is -0.0463. The highest BCUT2D eigenvalue weighted by Gasteiger charge is 1.94. The highest BCUT2D eigenvalue weighted by molar-refractivity contribution is 6.29. The van der Waals surface area contributed by atoms with Crippen LogP contribution in [0.1, 0.15) is 6.92 Å². The van der Waals surface area contributed by atoms with Gasteiger partial charge in [0.1, 0.15) is 5.15 Å². The highest BCUT2D eigenvalue weighted by Crippen LogP contribution is 2.02. The smallest absolute Gasteiger partial charge is 0.251 e. The van der Waals surface area contributed by atoms with E-state index >= 15 is 0 Å². The normalized spacial score (nSPS) is 9.80. The highest BCUT2D eigenvalue weighted by atomic mass is 35.5. The maximum absolute atomic E-state index is 10.9. The molecule has 10 heavy (non-hydrogen) atoms. The standard InChI is InChI=1S/C7H8ClNO/c1-2-9-6(8)4-3-5-7(9)10/h3-5H,2H2,1H3. The fraction of sp³-hybridized carbons (Fsp3) is 0.286. The van der Waals surface area contributed by atoms with Crippen molar-refractivity contribution >= 4 is 11.6 Å². The summed E-state index contributed by atoms with van der Waals surface area (Å²) in [6.07, 6.45) is 0. The molecule has 0 unspecified atom stereocenters. The van der Waals surface area contributed by atoms with Crippen molar-refractivity contribution in [2.24, 2.45) is 0 Å². The average Bonchev–Trinajstić information content (AvgIpc) is 1.88. The zero-order valence-electron chi connectivity index (χ0n) is 5.67. The second kappa shape index (κ2) is 2.88. The molecular weight excluding hydrogens is 150 g/mol. The van der Waals surface area contributed by atoms with Crippen molar-refractivity contribution in [1.29, 1.82) is 0 Å². The zero-order valence-corrected chi connectivity index (χ0v) is 6.43. The predicted octanol–water partition coefficient (Wildman–Crippen LogP) is 1.52. The summed E-state index contributed by atoms with van der Waals surface area (Å²) in [5, 5.41) is 0.495. The Hall–Kier alpha value is -0.760. The van der Waals surface area contributed by atoms with Gasteiger partial charge in [-0.15, -0.1) is 0 Å². The van der Waals surface area contributed by atoms with E-state index in [-0.39, 0.29) is 5.56 Å². The Morgan fingerprint density at radius 1 is 1.60 bits per heavy atom. The Bertz CT molecular complexity index is 279. The molecule has 0 N–H and O–H groups in total. The van der Waals surface area contributed by atoms with E-state index in [0.29, 0.717) is 11.7 Å². The molecule has 0 radical (unpaired) electrons. The van der Waals surface area contributed by atoms with Gasteiger partial charge in [0, 0.05) is 12.6 Å². The fourth-order valence-electron chi connectivity index (χ4n) is 0.802. The predicted molar refractivity (Wildman–Crippen MR) is 41.4 cm³/mol. The molecule has 0 saturated heterocycles. The van der Waals surface area contributed by atoms with Gasteiger partial charge in [0.25, 0.3) is 5.56 Å². The Kier molecular flexibility index (Phi) is 2.12. The van der Waals surface area contributed by atoms with Crippen molar-refractivity contribution in [2.75, 3.05) is 0 Å². The van der Waals surface area contributed by atoms with Gasteiger partial charge < -0.3 is 0 Å². The van der Waals surface area contributed by atoms with Gasteiger partial charge >= 0.3 is 0 Å². The van der Waals surface area contributed by atoms with Crippen LogP contribution < -0.4 is 5.56 Å². The van der Waals surface area contributed by atoms with Crippen molar-refractivity contribution in [1.82, 2.24) is 4.57 Å². The van der Waals surface area contributed by atoms with Crippen LogP contribution in [-0.2, 0) is 6.54 Å². The minimum Gasteiger partial charge on any atom is -0.299 e. The lowest BCUT2D eigenvalue weighted by molar-refractivity contribution is 0.728. The molecule has 0 aliphatic heterocycles. The van der Waals surface area contributed by atoms with Gasteiger partial charge in [-0.25, -0.2) is 0 Å². The molecule has 0 bridgehead atoms. The number of pyridine rings is 1. The first kappa shape index (κ1) is 7.35. The van der Waals surface area contributed by atoms with Crippen LogP contribution in [0.3, 0.4) is 0 Å². The Morgan fingerprint density at radius 3 is 2.70 bits per heavy atom. The third-order valence-corrected chi connectivity index (χ3v) is 1.64. The van der Waals surface area contributed by atoms with E-state index in [0.717, 1.165) is 0 Å². The minimum absolute atomic E-state index is 0.0463. The van der Waals surface area contributed by atoms with Crippen LogP contribution in [-0.4, -0.2) is 4.57 Å². The van der Waals surface area contributed by atoms with Crippen LogP contribution >= 0.6 is 11.6 Å². The van der Waals surface area contributed by atoms with Gasteiger partial charge in [-0.1, -0.05) is 17.7 Å². The summed E-state index contributed by atoms with van der Waals surface area (Å²) in [5.74, 6) is 0. The molecule has 3 heteroatoms. The molecule has 0 amide bonds. The van der Waals surface area contributed by atoms with Gasteiger partial charge in [0.2, 0.25) is 0 Å². The summed E-state index contributed by atoms with van der Waals surface area (Å²) >= 11 is 5.69. The van der Waals surface area contributed by atoms with Crippen molar-refractivity contribution < 1.29 is 0 Å². The summed E-state index contributed by atoms with van der Waals surface area (Å²) in [4.78, 5) is 10.9. The van der Waals surface area contributed by atoms with Gasteiger partial charge in [0.05, 0.1) is 0 Å². The Morgan fingerprint density at radius 2 is 2.30 bits per heavy atom. The second-order valence-corrected chi connectivity index (χ2v) is 2.32. The maximum Gasteiger partial charge on any atom is 0.251 e.